The maximum absolute atomic E-state index is 12.8. The third-order valence-corrected chi connectivity index (χ3v) is 4.19. The van der Waals surface area contributed by atoms with Gasteiger partial charge in [-0.15, -0.1) is 11.8 Å². The molecule has 0 atom stereocenters. The fourth-order valence-corrected chi connectivity index (χ4v) is 2.89. The summed E-state index contributed by atoms with van der Waals surface area (Å²) < 4.78 is 39.4. The van der Waals surface area contributed by atoms with E-state index in [1.54, 1.807) is 24.3 Å². The van der Waals surface area contributed by atoms with Gasteiger partial charge in [0.15, 0.2) is 12.0 Å². The minimum Gasteiger partial charge on any atom is -0.298 e. The molecule has 8 heteroatoms. The number of thioether (sulfide) groups is 1. The summed E-state index contributed by atoms with van der Waals surface area (Å²) in [4.78, 5) is 11.0. The van der Waals surface area contributed by atoms with Gasteiger partial charge in [-0.2, -0.15) is 18.3 Å². The Hall–Kier alpha value is -1.47. The topological polar surface area (TPSA) is 34.9 Å². The van der Waals surface area contributed by atoms with Crippen LogP contribution in [-0.4, -0.2) is 16.1 Å². The number of carbonyl (C=O) groups excluding carboxylic acids is 1. The molecule has 0 N–H and O–H groups in total. The minimum absolute atomic E-state index is 0.187. The van der Waals surface area contributed by atoms with Crippen LogP contribution in [0.2, 0.25) is 5.02 Å². The van der Waals surface area contributed by atoms with Crippen LogP contribution in [0.25, 0.3) is 0 Å². The quantitative estimate of drug-likeness (QED) is 0.621. The Labute approximate surface area is 128 Å². The van der Waals surface area contributed by atoms with Crippen molar-refractivity contribution in [2.75, 3.05) is 0 Å². The van der Waals surface area contributed by atoms with E-state index in [0.29, 0.717) is 10.8 Å². The molecule has 0 aliphatic rings. The molecule has 0 bridgehead atoms. The molecule has 112 valence electrons. The van der Waals surface area contributed by atoms with E-state index in [2.05, 4.69) is 5.10 Å². The van der Waals surface area contributed by atoms with Crippen LogP contribution in [0.4, 0.5) is 13.2 Å². The van der Waals surface area contributed by atoms with Crippen molar-refractivity contribution in [2.24, 2.45) is 7.05 Å². The lowest BCUT2D eigenvalue weighted by atomic mass is 10.2. The van der Waals surface area contributed by atoms with Gasteiger partial charge in [-0.3, -0.25) is 9.48 Å². The second-order valence-corrected chi connectivity index (χ2v) is 5.62. The van der Waals surface area contributed by atoms with E-state index >= 15 is 0 Å². The first-order valence-corrected chi connectivity index (χ1v) is 7.16. The average molecular weight is 335 g/mol. The highest BCUT2D eigenvalue weighted by Gasteiger charge is 2.38. The molecule has 2 aromatic rings. The monoisotopic (exact) mass is 334 g/mol. The molecule has 0 saturated carbocycles. The Bertz CT molecular complexity index is 653. The van der Waals surface area contributed by atoms with E-state index in [1.807, 2.05) is 0 Å². The summed E-state index contributed by atoms with van der Waals surface area (Å²) in [6, 6.07) is 6.94. The average Bonchev–Trinajstić information content (AvgIpc) is 2.74. The zero-order chi connectivity index (χ0) is 15.6. The molecule has 0 saturated heterocycles. The van der Waals surface area contributed by atoms with Gasteiger partial charge < -0.3 is 0 Å². The van der Waals surface area contributed by atoms with Crippen molar-refractivity contribution in [3.63, 3.8) is 0 Å². The molecule has 21 heavy (non-hydrogen) atoms. The van der Waals surface area contributed by atoms with Gasteiger partial charge in [-0.1, -0.05) is 23.7 Å². The molecule has 3 nitrogen and oxygen atoms in total. The first-order valence-electron chi connectivity index (χ1n) is 5.79. The molecule has 0 unspecified atom stereocenters. The second kappa shape index (κ2) is 6.11. The summed E-state index contributed by atoms with van der Waals surface area (Å²) in [6.07, 6.45) is -4.45. The van der Waals surface area contributed by atoms with Crippen LogP contribution in [0.3, 0.4) is 0 Å². The molecule has 0 aliphatic carbocycles. The number of benzene rings is 1. The number of hydrogen-bond acceptors (Lipinski definition) is 3. The van der Waals surface area contributed by atoms with E-state index < -0.39 is 17.4 Å². The summed E-state index contributed by atoms with van der Waals surface area (Å²) in [5, 5.41) is 4.17. The lowest BCUT2D eigenvalue weighted by Gasteiger charge is -2.04. The van der Waals surface area contributed by atoms with Crippen molar-refractivity contribution in [2.45, 2.75) is 17.0 Å². The molecule has 0 fully saturated rings. The minimum atomic E-state index is -4.65. The van der Waals surface area contributed by atoms with E-state index in [9.17, 15) is 18.0 Å². The Kier molecular flexibility index (Phi) is 4.63. The van der Waals surface area contributed by atoms with Gasteiger partial charge in [-0.25, -0.2) is 0 Å². The Morgan fingerprint density at radius 3 is 2.48 bits per heavy atom. The van der Waals surface area contributed by atoms with Crippen LogP contribution in [0, 0.1) is 0 Å². The lowest BCUT2D eigenvalue weighted by Crippen LogP contribution is -2.09. The van der Waals surface area contributed by atoms with Crippen LogP contribution in [0.1, 0.15) is 21.6 Å². The zero-order valence-corrected chi connectivity index (χ0v) is 12.4. The van der Waals surface area contributed by atoms with Crippen molar-refractivity contribution in [1.29, 1.82) is 0 Å². The smallest absolute Gasteiger partial charge is 0.298 e. The maximum atomic E-state index is 12.8. The van der Waals surface area contributed by atoms with Crippen LogP contribution < -0.4 is 0 Å². The molecular weight excluding hydrogens is 325 g/mol. The molecule has 1 heterocycles. The Morgan fingerprint density at radius 1 is 1.33 bits per heavy atom. The number of halogens is 4. The van der Waals surface area contributed by atoms with Crippen LogP contribution in [0.5, 0.6) is 0 Å². The van der Waals surface area contributed by atoms with Gasteiger partial charge in [-0.05, 0) is 17.7 Å². The number of carbonyl (C=O) groups is 1. The largest absolute Gasteiger partial charge is 0.435 e. The highest BCUT2D eigenvalue weighted by molar-refractivity contribution is 7.98. The molecule has 1 aromatic heterocycles. The molecule has 2 rings (SSSR count). The summed E-state index contributed by atoms with van der Waals surface area (Å²) in [5.41, 5.74) is -0.696. The Morgan fingerprint density at radius 2 is 1.95 bits per heavy atom. The third kappa shape index (κ3) is 3.59. The lowest BCUT2D eigenvalue weighted by molar-refractivity contribution is -0.141. The second-order valence-electron chi connectivity index (χ2n) is 4.22. The molecule has 0 aliphatic heterocycles. The fourth-order valence-electron chi connectivity index (χ4n) is 1.74. The molecule has 0 spiro atoms. The number of rotatable bonds is 4. The molecular formula is C13H10ClF3N2OS. The van der Waals surface area contributed by atoms with Crippen LogP contribution in [-0.2, 0) is 19.0 Å². The van der Waals surface area contributed by atoms with Gasteiger partial charge in [0.25, 0.3) is 0 Å². The van der Waals surface area contributed by atoms with Crippen molar-refractivity contribution in [3.05, 3.63) is 46.1 Å². The van der Waals surface area contributed by atoms with Crippen molar-refractivity contribution in [3.8, 4) is 0 Å². The van der Waals surface area contributed by atoms with Gasteiger partial charge >= 0.3 is 6.18 Å². The first kappa shape index (κ1) is 15.9. The molecule has 0 amide bonds. The number of aryl methyl sites for hydroxylation is 1. The van der Waals surface area contributed by atoms with Crippen LogP contribution >= 0.6 is 23.4 Å². The summed E-state index contributed by atoms with van der Waals surface area (Å²) in [6.45, 7) is 0. The normalized spacial score (nSPS) is 11.7. The van der Waals surface area contributed by atoms with Gasteiger partial charge in [0.05, 0.1) is 5.56 Å². The highest BCUT2D eigenvalue weighted by Crippen LogP contribution is 2.35. The van der Waals surface area contributed by atoms with Gasteiger partial charge in [0.2, 0.25) is 0 Å². The summed E-state index contributed by atoms with van der Waals surface area (Å²) in [7, 11) is 1.38. The molecule has 0 radical (unpaired) electrons. The first-order chi connectivity index (χ1) is 9.82. The maximum Gasteiger partial charge on any atom is 0.435 e. The summed E-state index contributed by atoms with van der Waals surface area (Å²) in [5.74, 6) is 0.412. The van der Waals surface area contributed by atoms with E-state index in [-0.39, 0.29) is 11.3 Å². The van der Waals surface area contributed by atoms with Crippen molar-refractivity contribution >= 4 is 29.6 Å². The van der Waals surface area contributed by atoms with Crippen molar-refractivity contribution in [1.82, 2.24) is 9.78 Å². The van der Waals surface area contributed by atoms with E-state index in [4.69, 9.17) is 11.6 Å². The summed E-state index contributed by atoms with van der Waals surface area (Å²) >= 11 is 6.88. The SMILES string of the molecule is Cn1nc(C(F)(F)F)c(C=O)c1SCc1ccc(Cl)cc1. The molecule has 1 aromatic carbocycles. The fraction of sp³-hybridized carbons (Fsp3) is 0.231. The Balaban J connectivity index is 2.26. The predicted molar refractivity (Wildman–Crippen MR) is 74.6 cm³/mol. The standard InChI is InChI=1S/C13H10ClF3N2OS/c1-19-12(10(6-20)11(18-19)13(15,16)17)21-7-8-2-4-9(14)5-3-8/h2-6H,7H2,1H3. The number of nitrogens with zero attached hydrogens (tertiary/aromatic N) is 2. The highest BCUT2D eigenvalue weighted by atomic mass is 35.5. The number of aromatic nitrogens is 2. The number of aldehydes is 1. The third-order valence-electron chi connectivity index (χ3n) is 2.70. The number of hydrogen-bond donors (Lipinski definition) is 0. The van der Waals surface area contributed by atoms with Crippen LogP contribution in [0.15, 0.2) is 29.3 Å². The van der Waals surface area contributed by atoms with Gasteiger partial charge in [0.1, 0.15) is 5.03 Å². The zero-order valence-electron chi connectivity index (χ0n) is 10.8. The van der Waals surface area contributed by atoms with E-state index in [1.165, 1.54) is 7.05 Å². The van der Waals surface area contributed by atoms with Crippen molar-refractivity contribution < 1.29 is 18.0 Å². The number of alkyl halides is 3. The van der Waals surface area contributed by atoms with E-state index in [0.717, 1.165) is 22.0 Å². The van der Waals surface area contributed by atoms with Gasteiger partial charge in [0, 0.05) is 17.8 Å². The predicted octanol–water partition coefficient (Wildman–Crippen LogP) is 4.20.